The van der Waals surface area contributed by atoms with Gasteiger partial charge in [-0.25, -0.2) is 0 Å². The maximum absolute atomic E-state index is 8.74. The molecule has 11 nitrogen and oxygen atoms in total. The van der Waals surface area contributed by atoms with E-state index in [-0.39, 0.29) is 29.6 Å². The molecule has 2 bridgehead atoms. The van der Waals surface area contributed by atoms with Gasteiger partial charge in [0.25, 0.3) is 0 Å². The van der Waals surface area contributed by atoms with Crippen LogP contribution in [-0.2, 0) is 33.3 Å². The fraction of sp³-hybridized carbons (Fsp3) is 0. The van der Waals surface area contributed by atoms with Gasteiger partial charge in [-0.2, -0.15) is 8.42 Å². The van der Waals surface area contributed by atoms with Crippen LogP contribution in [0, 0.1) is 0 Å². The second-order valence-electron chi connectivity index (χ2n) is 2.32. The molecule has 0 aromatic heterocycles. The topological polar surface area (TPSA) is 161 Å². The van der Waals surface area contributed by atoms with Crippen molar-refractivity contribution < 1.29 is 50.4 Å². The molecule has 2 heterocycles. The van der Waals surface area contributed by atoms with E-state index in [2.05, 4.69) is 22.9 Å². The van der Waals surface area contributed by atoms with E-state index in [1.54, 1.807) is 0 Å². The molecule has 0 amide bonds. The van der Waals surface area contributed by atoms with Crippen molar-refractivity contribution in [3.8, 4) is 0 Å². The summed E-state index contributed by atoms with van der Waals surface area (Å²) in [5.41, 5.74) is 0. The van der Waals surface area contributed by atoms with Gasteiger partial charge in [0.05, 0.1) is 0 Å². The molecule has 0 atom stereocenters. The Morgan fingerprint density at radius 2 is 1.00 bits per heavy atom. The van der Waals surface area contributed by atoms with Gasteiger partial charge < -0.3 is 32.9 Å². The van der Waals surface area contributed by atoms with Crippen molar-refractivity contribution >= 4 is 69.2 Å². The van der Waals surface area contributed by atoms with Crippen molar-refractivity contribution in [2.75, 3.05) is 0 Å². The van der Waals surface area contributed by atoms with Crippen LogP contribution in [-0.4, -0.2) is 86.4 Å². The van der Waals surface area contributed by atoms with Crippen molar-refractivity contribution in [1.29, 1.82) is 0 Å². The molecule has 2 aliphatic heterocycles. The Morgan fingerprint density at radius 1 is 0.765 bits per heavy atom. The van der Waals surface area contributed by atoms with Crippen LogP contribution in [0.15, 0.2) is 0 Å². The average Bonchev–Trinajstić information content (AvgIpc) is 1.95. The maximum atomic E-state index is 8.74. The van der Waals surface area contributed by atoms with Crippen molar-refractivity contribution in [1.82, 2.24) is 0 Å². The SMILES string of the molecule is O=S(=O)(O)O.OB1OB2OB(O)OB(O1)O2.[NaH]. The van der Waals surface area contributed by atoms with E-state index in [9.17, 15) is 0 Å². The Bertz CT molecular complexity index is 276. The summed E-state index contributed by atoms with van der Waals surface area (Å²) >= 11 is 0. The predicted molar refractivity (Wildman–Crippen MR) is 54.2 cm³/mol. The molecule has 0 radical (unpaired) electrons. The average molecular weight is 279 g/mol. The fourth-order valence-corrected chi connectivity index (χ4v) is 0.728. The van der Waals surface area contributed by atoms with Crippen LogP contribution in [0.25, 0.3) is 0 Å². The predicted octanol–water partition coefficient (Wildman–Crippen LogP) is -4.28. The van der Waals surface area contributed by atoms with Crippen molar-refractivity contribution in [2.24, 2.45) is 0 Å². The minimum absolute atomic E-state index is 0. The molecule has 2 aliphatic rings. The quantitative estimate of drug-likeness (QED) is 0.251. The molecule has 4 N–H and O–H groups in total. The first-order valence-electron chi connectivity index (χ1n) is 3.57. The second-order valence-corrected chi connectivity index (χ2v) is 3.22. The molecule has 0 unspecified atom stereocenters. The van der Waals surface area contributed by atoms with Crippen LogP contribution in [0.5, 0.6) is 0 Å². The first-order valence-corrected chi connectivity index (χ1v) is 4.97. The summed E-state index contributed by atoms with van der Waals surface area (Å²) in [5, 5.41) is 17.5. The van der Waals surface area contributed by atoms with Crippen molar-refractivity contribution in [3.63, 3.8) is 0 Å². The zero-order valence-electron chi connectivity index (χ0n) is 7.36. The molecule has 2 saturated heterocycles. The monoisotopic (exact) mass is 280 g/mol. The van der Waals surface area contributed by atoms with E-state index in [0.717, 1.165) is 0 Å². The van der Waals surface area contributed by atoms with Crippen LogP contribution >= 0.6 is 0 Å². The third-order valence-electron chi connectivity index (χ3n) is 1.13. The first kappa shape index (κ1) is 17.8. The molecule has 0 spiro atoms. The van der Waals surface area contributed by atoms with Crippen molar-refractivity contribution in [3.05, 3.63) is 0 Å². The van der Waals surface area contributed by atoms with Gasteiger partial charge in [-0.15, -0.1) is 0 Å². The normalized spacial score (nSPS) is 19.3. The number of hydrogen-bond acceptors (Lipinski definition) is 9. The van der Waals surface area contributed by atoms with Crippen LogP contribution in [0.1, 0.15) is 0 Å². The fourth-order valence-electron chi connectivity index (χ4n) is 0.728. The molecule has 2 rings (SSSR count). The Morgan fingerprint density at radius 3 is 1.24 bits per heavy atom. The number of fused-ring (bicyclic) bond motifs is 2. The Labute approximate surface area is 119 Å². The van der Waals surface area contributed by atoms with E-state index in [0.29, 0.717) is 0 Å². The summed E-state index contributed by atoms with van der Waals surface area (Å²) in [5.74, 6) is 0. The third-order valence-corrected chi connectivity index (χ3v) is 1.13. The van der Waals surface area contributed by atoms with Crippen LogP contribution in [0.4, 0.5) is 0 Å². The molecule has 0 saturated carbocycles. The van der Waals surface area contributed by atoms with Gasteiger partial charge in [0.2, 0.25) is 0 Å². The van der Waals surface area contributed by atoms with Gasteiger partial charge in [0.1, 0.15) is 0 Å². The summed E-state index contributed by atoms with van der Waals surface area (Å²) in [6.45, 7) is 0. The van der Waals surface area contributed by atoms with Crippen LogP contribution in [0.3, 0.4) is 0 Å². The minimum atomic E-state index is -4.67. The molecule has 17 heteroatoms. The molecule has 0 aromatic rings. The molecular formula is H5B4NaO11S. The molecule has 0 aliphatic carbocycles. The van der Waals surface area contributed by atoms with Crippen molar-refractivity contribution in [2.45, 2.75) is 0 Å². The first-order chi connectivity index (χ1) is 7.24. The zero-order chi connectivity index (χ0) is 12.3. The van der Waals surface area contributed by atoms with Gasteiger partial charge in [0, 0.05) is 0 Å². The van der Waals surface area contributed by atoms with Crippen LogP contribution in [0.2, 0.25) is 0 Å². The van der Waals surface area contributed by atoms with E-state index >= 15 is 0 Å². The summed E-state index contributed by atoms with van der Waals surface area (Å²) in [6, 6.07) is 0. The molecule has 17 heavy (non-hydrogen) atoms. The van der Waals surface area contributed by atoms with Gasteiger partial charge in [0.15, 0.2) is 0 Å². The van der Waals surface area contributed by atoms with Gasteiger partial charge in [-0.3, -0.25) is 9.11 Å². The van der Waals surface area contributed by atoms with Gasteiger partial charge in [-0.05, 0) is 0 Å². The Kier molecular flexibility index (Phi) is 7.81. The van der Waals surface area contributed by atoms with E-state index in [1.807, 2.05) is 0 Å². The Balaban J connectivity index is 0.000000373. The molecule has 0 aromatic carbocycles. The standard InChI is InChI=1S/B4H2O7.Na.H2O4S.H/c5-1-7-3-9-2(6)10-4(8-1)11-3;;1-5(2,3)4;/h5-6H;;(H2,1,2,3,4);. The number of hydrogen-bond donors (Lipinski definition) is 4. The van der Waals surface area contributed by atoms with Gasteiger partial charge >= 0.3 is 69.2 Å². The van der Waals surface area contributed by atoms with Crippen LogP contribution < -0.4 is 0 Å². The molecular weight excluding hydrogens is 274 g/mol. The summed E-state index contributed by atoms with van der Waals surface area (Å²) in [4.78, 5) is 0. The third kappa shape index (κ3) is 8.55. The molecule has 2 fully saturated rings. The summed E-state index contributed by atoms with van der Waals surface area (Å²) in [7, 11) is -9.86. The molecule has 90 valence electrons. The Hall–Kier alpha value is 0.850. The van der Waals surface area contributed by atoms with E-state index < -0.39 is 39.7 Å². The zero-order valence-corrected chi connectivity index (χ0v) is 8.18. The summed E-state index contributed by atoms with van der Waals surface area (Å²) < 4.78 is 54.1. The number of rotatable bonds is 0. The van der Waals surface area contributed by atoms with E-state index in [1.165, 1.54) is 0 Å². The second kappa shape index (κ2) is 7.44. The van der Waals surface area contributed by atoms with E-state index in [4.69, 9.17) is 27.6 Å². The van der Waals surface area contributed by atoms with Gasteiger partial charge in [-0.1, -0.05) is 0 Å². The summed E-state index contributed by atoms with van der Waals surface area (Å²) in [6.07, 6.45) is 0.